The van der Waals surface area contributed by atoms with Gasteiger partial charge in [0.25, 0.3) is 0 Å². The highest BCUT2D eigenvalue weighted by atomic mass is 16.2. The van der Waals surface area contributed by atoms with Crippen molar-refractivity contribution >= 4 is 12.3 Å². The number of hydrogen-bond acceptors (Lipinski definition) is 5. The summed E-state index contributed by atoms with van der Waals surface area (Å²) in [5.74, 6) is -0.197. The average Bonchev–Trinajstić information content (AvgIpc) is 2.38. The topological polar surface area (TPSA) is 89.2 Å². The molecule has 1 heterocycles. The van der Waals surface area contributed by atoms with Gasteiger partial charge in [0.05, 0.1) is 0 Å². The first-order valence-corrected chi connectivity index (χ1v) is 5.46. The summed E-state index contributed by atoms with van der Waals surface area (Å²) in [7, 11) is 0. The van der Waals surface area contributed by atoms with Crippen LogP contribution in [0.1, 0.15) is 18.4 Å². The first-order valence-electron chi connectivity index (χ1n) is 5.46. The standard InChI is InChI=1S/C11H16N4O2/c12-4-1-5-15(9-16)11(17)3-2-10-6-13-8-14-7-10/h6-9H,1-5,12H2. The molecule has 0 spiro atoms. The van der Waals surface area contributed by atoms with Gasteiger partial charge in [-0.05, 0) is 24.9 Å². The molecule has 0 aliphatic carbocycles. The van der Waals surface area contributed by atoms with E-state index in [1.807, 2.05) is 0 Å². The molecule has 0 bridgehead atoms. The van der Waals surface area contributed by atoms with Crippen LogP contribution >= 0.6 is 0 Å². The van der Waals surface area contributed by atoms with Gasteiger partial charge in [-0.25, -0.2) is 9.97 Å². The van der Waals surface area contributed by atoms with Crippen LogP contribution in [0.4, 0.5) is 0 Å². The Balaban J connectivity index is 2.40. The van der Waals surface area contributed by atoms with Gasteiger partial charge in [-0.3, -0.25) is 14.5 Å². The molecule has 0 fully saturated rings. The molecule has 0 radical (unpaired) electrons. The predicted octanol–water partition coefficient (Wildman–Crippen LogP) is -0.257. The monoisotopic (exact) mass is 236 g/mol. The van der Waals surface area contributed by atoms with Crippen molar-refractivity contribution in [1.82, 2.24) is 14.9 Å². The predicted molar refractivity (Wildman–Crippen MR) is 61.8 cm³/mol. The Morgan fingerprint density at radius 2 is 2.12 bits per heavy atom. The van der Waals surface area contributed by atoms with Gasteiger partial charge in [-0.1, -0.05) is 0 Å². The summed E-state index contributed by atoms with van der Waals surface area (Å²) in [6.45, 7) is 0.842. The number of carbonyl (C=O) groups excluding carboxylic acids is 2. The van der Waals surface area contributed by atoms with Crippen LogP contribution in [0, 0.1) is 0 Å². The molecule has 1 aromatic heterocycles. The largest absolute Gasteiger partial charge is 0.330 e. The van der Waals surface area contributed by atoms with Crippen molar-refractivity contribution in [2.45, 2.75) is 19.3 Å². The van der Waals surface area contributed by atoms with Gasteiger partial charge in [-0.2, -0.15) is 0 Å². The summed E-state index contributed by atoms with van der Waals surface area (Å²) in [5, 5.41) is 0. The van der Waals surface area contributed by atoms with Crippen molar-refractivity contribution in [3.63, 3.8) is 0 Å². The Bertz CT molecular complexity index is 356. The van der Waals surface area contributed by atoms with E-state index in [1.165, 1.54) is 6.33 Å². The highest BCUT2D eigenvalue weighted by molar-refractivity contribution is 5.86. The fourth-order valence-corrected chi connectivity index (χ4v) is 1.35. The minimum absolute atomic E-state index is 0.197. The Kier molecular flexibility index (Phi) is 5.81. The van der Waals surface area contributed by atoms with Gasteiger partial charge in [-0.15, -0.1) is 0 Å². The molecule has 92 valence electrons. The molecule has 6 nitrogen and oxygen atoms in total. The fourth-order valence-electron chi connectivity index (χ4n) is 1.35. The molecule has 0 aromatic carbocycles. The average molecular weight is 236 g/mol. The summed E-state index contributed by atoms with van der Waals surface area (Å²) >= 11 is 0. The van der Waals surface area contributed by atoms with E-state index in [1.54, 1.807) is 12.4 Å². The van der Waals surface area contributed by atoms with Crippen molar-refractivity contribution in [1.29, 1.82) is 0 Å². The number of carbonyl (C=O) groups is 2. The Morgan fingerprint density at radius 1 is 1.41 bits per heavy atom. The molecule has 0 aliphatic rings. The van der Waals surface area contributed by atoms with E-state index < -0.39 is 0 Å². The Labute approximate surface area is 99.8 Å². The summed E-state index contributed by atoms with van der Waals surface area (Å²) in [6, 6.07) is 0. The zero-order valence-electron chi connectivity index (χ0n) is 9.58. The van der Waals surface area contributed by atoms with Gasteiger partial charge in [0.2, 0.25) is 12.3 Å². The Morgan fingerprint density at radius 3 is 2.71 bits per heavy atom. The van der Waals surface area contributed by atoms with E-state index in [-0.39, 0.29) is 12.3 Å². The first-order chi connectivity index (χ1) is 8.27. The van der Waals surface area contributed by atoms with Crippen molar-refractivity contribution in [2.24, 2.45) is 5.73 Å². The van der Waals surface area contributed by atoms with E-state index >= 15 is 0 Å². The van der Waals surface area contributed by atoms with Crippen LogP contribution in [-0.4, -0.2) is 40.3 Å². The molecular weight excluding hydrogens is 220 g/mol. The second-order valence-electron chi connectivity index (χ2n) is 3.58. The van der Waals surface area contributed by atoms with Gasteiger partial charge >= 0.3 is 0 Å². The van der Waals surface area contributed by atoms with Gasteiger partial charge in [0.1, 0.15) is 6.33 Å². The minimum atomic E-state index is -0.197. The number of nitrogens with two attached hydrogens (primary N) is 1. The molecule has 0 atom stereocenters. The summed E-state index contributed by atoms with van der Waals surface area (Å²) in [4.78, 5) is 31.2. The summed E-state index contributed by atoms with van der Waals surface area (Å²) < 4.78 is 0. The van der Waals surface area contributed by atoms with E-state index in [9.17, 15) is 9.59 Å². The minimum Gasteiger partial charge on any atom is -0.330 e. The highest BCUT2D eigenvalue weighted by Gasteiger charge is 2.11. The number of rotatable bonds is 7. The van der Waals surface area contributed by atoms with Crippen molar-refractivity contribution in [2.75, 3.05) is 13.1 Å². The second-order valence-corrected chi connectivity index (χ2v) is 3.58. The third-order valence-electron chi connectivity index (χ3n) is 2.29. The second kappa shape index (κ2) is 7.45. The van der Waals surface area contributed by atoms with Crippen LogP contribution < -0.4 is 5.73 Å². The molecule has 1 rings (SSSR count). The molecule has 2 amide bonds. The van der Waals surface area contributed by atoms with Crippen LogP contribution in [0.2, 0.25) is 0 Å². The van der Waals surface area contributed by atoms with Gasteiger partial charge in [0.15, 0.2) is 0 Å². The SMILES string of the molecule is NCCCN(C=O)C(=O)CCc1cncnc1. The van der Waals surface area contributed by atoms with Crippen LogP contribution in [-0.2, 0) is 16.0 Å². The molecule has 1 aromatic rings. The number of aryl methyl sites for hydroxylation is 1. The molecule has 0 saturated carbocycles. The van der Waals surface area contributed by atoms with Crippen LogP contribution in [0.15, 0.2) is 18.7 Å². The molecule has 0 aliphatic heterocycles. The quantitative estimate of drug-likeness (QED) is 0.659. The van der Waals surface area contributed by atoms with Crippen molar-refractivity contribution in [3.05, 3.63) is 24.3 Å². The van der Waals surface area contributed by atoms with E-state index in [4.69, 9.17) is 5.73 Å². The number of amides is 2. The lowest BCUT2D eigenvalue weighted by atomic mass is 10.2. The number of imide groups is 1. The molecule has 17 heavy (non-hydrogen) atoms. The summed E-state index contributed by atoms with van der Waals surface area (Å²) in [5.41, 5.74) is 6.21. The fraction of sp³-hybridized carbons (Fsp3) is 0.455. The smallest absolute Gasteiger partial charge is 0.229 e. The maximum atomic E-state index is 11.7. The van der Waals surface area contributed by atoms with Gasteiger partial charge in [0, 0.05) is 25.4 Å². The van der Waals surface area contributed by atoms with Crippen LogP contribution in [0.3, 0.4) is 0 Å². The van der Waals surface area contributed by atoms with E-state index in [0.29, 0.717) is 32.3 Å². The lowest BCUT2D eigenvalue weighted by Crippen LogP contribution is -2.31. The maximum Gasteiger partial charge on any atom is 0.229 e. The van der Waals surface area contributed by atoms with Crippen molar-refractivity contribution in [3.8, 4) is 0 Å². The summed E-state index contributed by atoms with van der Waals surface area (Å²) in [6.07, 6.45) is 6.74. The molecule has 6 heteroatoms. The number of aromatic nitrogens is 2. The first kappa shape index (κ1) is 13.2. The third-order valence-corrected chi connectivity index (χ3v) is 2.29. The number of nitrogens with zero attached hydrogens (tertiary/aromatic N) is 3. The van der Waals surface area contributed by atoms with Crippen LogP contribution in [0.25, 0.3) is 0 Å². The zero-order chi connectivity index (χ0) is 12.5. The normalized spacial score (nSPS) is 9.94. The lowest BCUT2D eigenvalue weighted by Gasteiger charge is -2.14. The molecule has 0 unspecified atom stereocenters. The Hall–Kier alpha value is -1.82. The van der Waals surface area contributed by atoms with Gasteiger partial charge < -0.3 is 5.73 Å². The molecule has 2 N–H and O–H groups in total. The van der Waals surface area contributed by atoms with Crippen LogP contribution in [0.5, 0.6) is 0 Å². The number of hydrogen-bond donors (Lipinski definition) is 1. The third kappa shape index (κ3) is 4.69. The van der Waals surface area contributed by atoms with E-state index in [0.717, 1.165) is 10.5 Å². The highest BCUT2D eigenvalue weighted by Crippen LogP contribution is 2.01. The maximum absolute atomic E-state index is 11.7. The molecule has 0 saturated heterocycles. The molecular formula is C11H16N4O2. The van der Waals surface area contributed by atoms with Crippen molar-refractivity contribution < 1.29 is 9.59 Å². The zero-order valence-corrected chi connectivity index (χ0v) is 9.58. The van der Waals surface area contributed by atoms with E-state index in [2.05, 4.69) is 9.97 Å². The lowest BCUT2D eigenvalue weighted by molar-refractivity contribution is -0.138.